The Hall–Kier alpha value is 0.0569. The summed E-state index contributed by atoms with van der Waals surface area (Å²) in [5, 5.41) is 9.65. The zero-order chi connectivity index (χ0) is 9.61. The Morgan fingerprint density at radius 3 is 1.77 bits per heavy atom. The summed E-state index contributed by atoms with van der Waals surface area (Å²) in [6, 6.07) is 0. The second kappa shape index (κ2) is 7.46. The molecular formula is C8H22O4Si. The molecule has 0 saturated carbocycles. The van der Waals surface area contributed by atoms with Crippen LogP contribution in [-0.2, 0) is 8.85 Å². The van der Waals surface area contributed by atoms with Crippen molar-refractivity contribution >= 4 is 8.56 Å². The number of hydrogen-bond donors (Lipinski definition) is 1. The molecule has 5 heteroatoms. The van der Waals surface area contributed by atoms with Crippen LogP contribution in [0.3, 0.4) is 0 Å². The van der Waals surface area contributed by atoms with E-state index in [9.17, 15) is 5.11 Å². The zero-order valence-electron chi connectivity index (χ0n) is 8.96. The van der Waals surface area contributed by atoms with Crippen molar-refractivity contribution in [2.75, 3.05) is 13.2 Å². The molecule has 0 bridgehead atoms. The van der Waals surface area contributed by atoms with Gasteiger partial charge in [0.15, 0.2) is 0 Å². The highest BCUT2D eigenvalue weighted by Gasteiger charge is 2.38. The van der Waals surface area contributed by atoms with E-state index in [2.05, 4.69) is 0 Å². The highest BCUT2D eigenvalue weighted by Crippen LogP contribution is 2.14. The van der Waals surface area contributed by atoms with Gasteiger partial charge in [0.25, 0.3) is 0 Å². The highest BCUT2D eigenvalue weighted by molar-refractivity contribution is 6.67. The normalized spacial score (nSPS) is 13.6. The van der Waals surface area contributed by atoms with E-state index in [4.69, 9.17) is 8.85 Å². The third-order valence-electron chi connectivity index (χ3n) is 1.85. The summed E-state index contributed by atoms with van der Waals surface area (Å²) >= 11 is 0. The van der Waals surface area contributed by atoms with Crippen molar-refractivity contribution in [3.05, 3.63) is 0 Å². The predicted octanol–water partition coefficient (Wildman–Crippen LogP) is 0.617. The molecule has 0 aliphatic rings. The average molecular weight is 210 g/mol. The van der Waals surface area contributed by atoms with Crippen molar-refractivity contribution in [2.45, 2.75) is 39.5 Å². The minimum absolute atomic E-state index is 0. The van der Waals surface area contributed by atoms with Gasteiger partial charge in [-0.2, -0.15) is 0 Å². The van der Waals surface area contributed by atoms with Gasteiger partial charge < -0.3 is 19.4 Å². The van der Waals surface area contributed by atoms with Crippen LogP contribution in [0.25, 0.3) is 0 Å². The van der Waals surface area contributed by atoms with Crippen LogP contribution in [0.2, 0.25) is 6.55 Å². The maximum Gasteiger partial charge on any atom is 0.364 e. The van der Waals surface area contributed by atoms with Gasteiger partial charge in [-0.15, -0.1) is 0 Å². The topological polar surface area (TPSA) is 70.2 Å². The summed E-state index contributed by atoms with van der Waals surface area (Å²) in [5.74, 6) is 0. The van der Waals surface area contributed by atoms with E-state index in [0.29, 0.717) is 19.6 Å². The SMILES string of the molecule is CCO[Si](C)(OCC)C(O)CC.O. The molecule has 1 unspecified atom stereocenters. The van der Waals surface area contributed by atoms with Crippen LogP contribution in [0.4, 0.5) is 0 Å². The Kier molecular flexibility index (Phi) is 8.91. The van der Waals surface area contributed by atoms with E-state index >= 15 is 0 Å². The lowest BCUT2D eigenvalue weighted by atomic mass is 10.5. The van der Waals surface area contributed by atoms with Crippen molar-refractivity contribution in [2.24, 2.45) is 0 Å². The summed E-state index contributed by atoms with van der Waals surface area (Å²) in [7, 11) is -2.30. The fourth-order valence-corrected chi connectivity index (χ4v) is 3.53. The molecule has 0 amide bonds. The quantitative estimate of drug-likeness (QED) is 0.653. The van der Waals surface area contributed by atoms with Gasteiger partial charge >= 0.3 is 8.56 Å². The molecule has 82 valence electrons. The summed E-state index contributed by atoms with van der Waals surface area (Å²) in [6.07, 6.45) is 0.697. The lowest BCUT2D eigenvalue weighted by Crippen LogP contribution is -2.50. The number of hydrogen-bond acceptors (Lipinski definition) is 3. The minimum atomic E-state index is -2.30. The fraction of sp³-hybridized carbons (Fsp3) is 1.00. The van der Waals surface area contributed by atoms with E-state index in [1.807, 2.05) is 27.3 Å². The lowest BCUT2D eigenvalue weighted by molar-refractivity contribution is 0.114. The van der Waals surface area contributed by atoms with Gasteiger partial charge in [-0.25, -0.2) is 0 Å². The molecule has 4 nitrogen and oxygen atoms in total. The second-order valence-corrected chi connectivity index (χ2v) is 6.08. The monoisotopic (exact) mass is 210 g/mol. The molecule has 0 aromatic rings. The molecule has 0 fully saturated rings. The van der Waals surface area contributed by atoms with Gasteiger partial charge in [0, 0.05) is 13.2 Å². The van der Waals surface area contributed by atoms with Crippen molar-refractivity contribution in [3.63, 3.8) is 0 Å². The number of aliphatic hydroxyl groups excluding tert-OH is 1. The molecule has 0 radical (unpaired) electrons. The summed E-state index contributed by atoms with van der Waals surface area (Å²) < 4.78 is 11.0. The smallest absolute Gasteiger partial charge is 0.364 e. The second-order valence-electron chi connectivity index (χ2n) is 2.81. The average Bonchev–Trinajstić information content (AvgIpc) is 2.04. The molecule has 0 aliphatic heterocycles. The van der Waals surface area contributed by atoms with Crippen LogP contribution in [0, 0.1) is 0 Å². The standard InChI is InChI=1S/C8H20O3Si.H2O/c1-5-8(9)12(4,10-6-2)11-7-3;/h8-9H,5-7H2,1-4H3;1H2. The molecule has 0 rings (SSSR count). The molecule has 1 atom stereocenters. The van der Waals surface area contributed by atoms with Gasteiger partial charge in [0.2, 0.25) is 0 Å². The van der Waals surface area contributed by atoms with Crippen molar-refractivity contribution in [3.8, 4) is 0 Å². The molecule has 0 heterocycles. The van der Waals surface area contributed by atoms with Gasteiger partial charge in [-0.3, -0.25) is 0 Å². The van der Waals surface area contributed by atoms with Crippen molar-refractivity contribution in [1.82, 2.24) is 0 Å². The first-order chi connectivity index (χ1) is 5.60. The molecule has 3 N–H and O–H groups in total. The van der Waals surface area contributed by atoms with E-state index in [1.54, 1.807) is 0 Å². The first-order valence-corrected chi connectivity index (χ1v) is 6.96. The first-order valence-electron chi connectivity index (χ1n) is 4.56. The van der Waals surface area contributed by atoms with Crippen LogP contribution in [-0.4, -0.2) is 38.1 Å². The predicted molar refractivity (Wildman–Crippen MR) is 54.8 cm³/mol. The van der Waals surface area contributed by atoms with Gasteiger partial charge in [-0.05, 0) is 26.8 Å². The third-order valence-corrected chi connectivity index (χ3v) is 5.20. The number of rotatable bonds is 6. The highest BCUT2D eigenvalue weighted by atomic mass is 28.4. The van der Waals surface area contributed by atoms with E-state index < -0.39 is 14.3 Å². The molecule has 0 spiro atoms. The van der Waals surface area contributed by atoms with E-state index in [1.165, 1.54) is 0 Å². The summed E-state index contributed by atoms with van der Waals surface area (Å²) in [4.78, 5) is 0. The largest absolute Gasteiger partial charge is 0.412 e. The third kappa shape index (κ3) is 4.73. The van der Waals surface area contributed by atoms with Crippen LogP contribution in [0.1, 0.15) is 27.2 Å². The summed E-state index contributed by atoms with van der Waals surface area (Å²) in [5.41, 5.74) is -0.419. The molecule has 13 heavy (non-hydrogen) atoms. The maximum absolute atomic E-state index is 9.65. The Bertz CT molecular complexity index is 115. The Labute approximate surface area is 81.4 Å². The molecular weight excluding hydrogens is 188 g/mol. The zero-order valence-corrected chi connectivity index (χ0v) is 9.96. The first kappa shape index (κ1) is 15.5. The maximum atomic E-state index is 9.65. The van der Waals surface area contributed by atoms with Crippen LogP contribution < -0.4 is 0 Å². The minimum Gasteiger partial charge on any atom is -0.412 e. The Balaban J connectivity index is 0. The van der Waals surface area contributed by atoms with Gasteiger partial charge in [0.05, 0.1) is 5.73 Å². The van der Waals surface area contributed by atoms with Crippen LogP contribution >= 0.6 is 0 Å². The van der Waals surface area contributed by atoms with E-state index in [-0.39, 0.29) is 5.48 Å². The Morgan fingerprint density at radius 1 is 1.15 bits per heavy atom. The van der Waals surface area contributed by atoms with E-state index in [0.717, 1.165) is 0 Å². The summed E-state index contributed by atoms with van der Waals surface area (Å²) in [6.45, 7) is 8.92. The fourth-order valence-electron chi connectivity index (χ4n) is 1.18. The van der Waals surface area contributed by atoms with Crippen molar-refractivity contribution < 1.29 is 19.4 Å². The van der Waals surface area contributed by atoms with Gasteiger partial charge in [0.1, 0.15) is 0 Å². The molecule has 0 aliphatic carbocycles. The lowest BCUT2D eigenvalue weighted by Gasteiger charge is -2.29. The number of aliphatic hydroxyl groups is 1. The van der Waals surface area contributed by atoms with Crippen LogP contribution in [0.5, 0.6) is 0 Å². The van der Waals surface area contributed by atoms with Crippen molar-refractivity contribution in [1.29, 1.82) is 0 Å². The molecule has 0 saturated heterocycles. The molecule has 0 aromatic carbocycles. The van der Waals surface area contributed by atoms with Crippen LogP contribution in [0.15, 0.2) is 0 Å². The Morgan fingerprint density at radius 2 is 1.54 bits per heavy atom. The molecule has 0 aromatic heterocycles. The van der Waals surface area contributed by atoms with Gasteiger partial charge in [-0.1, -0.05) is 6.92 Å².